The third-order valence-corrected chi connectivity index (χ3v) is 5.08. The van der Waals surface area contributed by atoms with Crippen molar-refractivity contribution in [1.82, 2.24) is 9.80 Å². The van der Waals surface area contributed by atoms with Gasteiger partial charge in [0, 0.05) is 13.1 Å². The first kappa shape index (κ1) is 22.3. The van der Waals surface area contributed by atoms with Crippen molar-refractivity contribution < 1.29 is 14.0 Å². The Balaban J connectivity index is 1.73. The number of hydrogen-bond donors (Lipinski definition) is 0. The Morgan fingerprint density at radius 3 is 2.00 bits per heavy atom. The molecule has 0 radical (unpaired) electrons. The van der Waals surface area contributed by atoms with Gasteiger partial charge >= 0.3 is 0 Å². The van der Waals surface area contributed by atoms with Crippen LogP contribution in [0.3, 0.4) is 0 Å². The SMILES string of the molecule is CCCN(CC(=O)N(Cc1ccccc1)Cc1ccc(C)o1)C(=O)Cc1ccccc1. The second-order valence-corrected chi connectivity index (χ2v) is 7.73. The van der Waals surface area contributed by atoms with Gasteiger partial charge < -0.3 is 14.2 Å². The zero-order chi connectivity index (χ0) is 22.1. The van der Waals surface area contributed by atoms with E-state index < -0.39 is 0 Å². The molecule has 0 saturated heterocycles. The number of benzene rings is 2. The Morgan fingerprint density at radius 1 is 0.774 bits per heavy atom. The number of rotatable bonds is 10. The van der Waals surface area contributed by atoms with Crippen molar-refractivity contribution in [3.8, 4) is 0 Å². The summed E-state index contributed by atoms with van der Waals surface area (Å²) in [6, 6.07) is 23.3. The molecule has 0 aliphatic rings. The van der Waals surface area contributed by atoms with Crippen molar-refractivity contribution in [2.45, 2.75) is 39.8 Å². The molecule has 0 spiro atoms. The second kappa shape index (κ2) is 11.2. The highest BCUT2D eigenvalue weighted by Gasteiger charge is 2.22. The molecule has 0 saturated carbocycles. The van der Waals surface area contributed by atoms with Crippen molar-refractivity contribution in [3.05, 3.63) is 95.4 Å². The van der Waals surface area contributed by atoms with E-state index in [1.165, 1.54) is 0 Å². The van der Waals surface area contributed by atoms with Crippen LogP contribution in [0.1, 0.15) is 36.0 Å². The van der Waals surface area contributed by atoms with E-state index in [-0.39, 0.29) is 18.4 Å². The lowest BCUT2D eigenvalue weighted by Gasteiger charge is -2.27. The number of aryl methyl sites for hydroxylation is 1. The first-order chi connectivity index (χ1) is 15.0. The lowest BCUT2D eigenvalue weighted by Crippen LogP contribution is -2.43. The normalized spacial score (nSPS) is 10.6. The lowest BCUT2D eigenvalue weighted by atomic mass is 10.1. The van der Waals surface area contributed by atoms with E-state index in [9.17, 15) is 9.59 Å². The molecule has 0 fully saturated rings. The van der Waals surface area contributed by atoms with Crippen molar-refractivity contribution in [2.24, 2.45) is 0 Å². The minimum Gasteiger partial charge on any atom is -0.464 e. The van der Waals surface area contributed by atoms with E-state index in [1.807, 2.05) is 86.6 Å². The van der Waals surface area contributed by atoms with Gasteiger partial charge in [0.05, 0.1) is 19.5 Å². The summed E-state index contributed by atoms with van der Waals surface area (Å²) < 4.78 is 5.71. The van der Waals surface area contributed by atoms with Crippen LogP contribution in [0, 0.1) is 6.92 Å². The highest BCUT2D eigenvalue weighted by Crippen LogP contribution is 2.14. The fourth-order valence-electron chi connectivity index (χ4n) is 3.50. The van der Waals surface area contributed by atoms with Crippen LogP contribution in [0.25, 0.3) is 0 Å². The van der Waals surface area contributed by atoms with E-state index >= 15 is 0 Å². The number of hydrogen-bond acceptors (Lipinski definition) is 3. The summed E-state index contributed by atoms with van der Waals surface area (Å²) in [7, 11) is 0. The van der Waals surface area contributed by atoms with Gasteiger partial charge in [0.2, 0.25) is 11.8 Å². The summed E-state index contributed by atoms with van der Waals surface area (Å²) >= 11 is 0. The molecular formula is C26H30N2O3. The van der Waals surface area contributed by atoms with Crippen molar-refractivity contribution in [3.63, 3.8) is 0 Å². The first-order valence-corrected chi connectivity index (χ1v) is 10.7. The molecule has 5 nitrogen and oxygen atoms in total. The Kier molecular flexibility index (Phi) is 8.05. The van der Waals surface area contributed by atoms with Crippen LogP contribution in [0.4, 0.5) is 0 Å². The minimum atomic E-state index is -0.0900. The molecule has 0 aliphatic carbocycles. The largest absolute Gasteiger partial charge is 0.464 e. The van der Waals surface area contributed by atoms with Gasteiger partial charge in [-0.25, -0.2) is 0 Å². The molecule has 162 valence electrons. The van der Waals surface area contributed by atoms with Gasteiger partial charge in [-0.15, -0.1) is 0 Å². The van der Waals surface area contributed by atoms with Crippen LogP contribution in [-0.2, 0) is 29.1 Å². The molecular weight excluding hydrogens is 388 g/mol. The zero-order valence-corrected chi connectivity index (χ0v) is 18.3. The van der Waals surface area contributed by atoms with Gasteiger partial charge in [-0.1, -0.05) is 67.6 Å². The third-order valence-electron chi connectivity index (χ3n) is 5.08. The smallest absolute Gasteiger partial charge is 0.242 e. The Labute approximate surface area is 184 Å². The average Bonchev–Trinajstić information content (AvgIpc) is 3.19. The van der Waals surface area contributed by atoms with E-state index in [2.05, 4.69) is 0 Å². The van der Waals surface area contributed by atoms with Gasteiger partial charge in [0.15, 0.2) is 0 Å². The molecule has 0 unspecified atom stereocenters. The first-order valence-electron chi connectivity index (χ1n) is 10.7. The molecule has 1 aromatic heterocycles. The standard InChI is InChI=1S/C26H30N2O3/c1-3-16-27(25(29)17-22-10-6-4-7-11-22)20-26(30)28(18-23-12-8-5-9-13-23)19-24-15-14-21(2)31-24/h4-15H,3,16-20H2,1-2H3. The molecule has 5 heteroatoms. The molecule has 3 aromatic rings. The molecule has 0 aliphatic heterocycles. The molecule has 2 amide bonds. The predicted octanol–water partition coefficient (Wildman–Crippen LogP) is 4.60. The molecule has 31 heavy (non-hydrogen) atoms. The van der Waals surface area contributed by atoms with Gasteiger partial charge in [-0.2, -0.15) is 0 Å². The lowest BCUT2D eigenvalue weighted by molar-refractivity contribution is -0.141. The summed E-state index contributed by atoms with van der Waals surface area (Å²) in [6.45, 7) is 5.35. The topological polar surface area (TPSA) is 53.8 Å². The van der Waals surface area contributed by atoms with Gasteiger partial charge in [-0.3, -0.25) is 9.59 Å². The van der Waals surface area contributed by atoms with Crippen LogP contribution in [0.5, 0.6) is 0 Å². The summed E-state index contributed by atoms with van der Waals surface area (Å²) in [5.41, 5.74) is 1.99. The van der Waals surface area contributed by atoms with Crippen LogP contribution in [0.2, 0.25) is 0 Å². The van der Waals surface area contributed by atoms with Gasteiger partial charge in [0.1, 0.15) is 11.5 Å². The van der Waals surface area contributed by atoms with E-state index in [4.69, 9.17) is 4.42 Å². The Morgan fingerprint density at radius 2 is 1.42 bits per heavy atom. The monoisotopic (exact) mass is 418 g/mol. The van der Waals surface area contributed by atoms with Crippen molar-refractivity contribution in [2.75, 3.05) is 13.1 Å². The van der Waals surface area contributed by atoms with Crippen LogP contribution in [-0.4, -0.2) is 34.7 Å². The molecule has 2 aromatic carbocycles. The zero-order valence-electron chi connectivity index (χ0n) is 18.3. The second-order valence-electron chi connectivity index (χ2n) is 7.73. The maximum Gasteiger partial charge on any atom is 0.242 e. The quantitative estimate of drug-likeness (QED) is 0.484. The predicted molar refractivity (Wildman–Crippen MR) is 121 cm³/mol. The number of carbonyl (C=O) groups excluding carboxylic acids is 2. The van der Waals surface area contributed by atoms with Gasteiger partial charge in [0.25, 0.3) is 0 Å². The molecule has 0 atom stereocenters. The summed E-state index contributed by atoms with van der Waals surface area (Å²) in [4.78, 5) is 29.6. The Hall–Kier alpha value is -3.34. The molecule has 0 N–H and O–H groups in total. The summed E-state index contributed by atoms with van der Waals surface area (Å²) in [5, 5.41) is 0. The average molecular weight is 419 g/mol. The Bertz CT molecular complexity index is 967. The molecule has 0 bridgehead atoms. The summed E-state index contributed by atoms with van der Waals surface area (Å²) in [6.07, 6.45) is 1.09. The fraction of sp³-hybridized carbons (Fsp3) is 0.308. The van der Waals surface area contributed by atoms with Crippen molar-refractivity contribution >= 4 is 11.8 Å². The highest BCUT2D eigenvalue weighted by molar-refractivity contribution is 5.86. The van der Waals surface area contributed by atoms with E-state index in [0.717, 1.165) is 29.1 Å². The highest BCUT2D eigenvalue weighted by atomic mass is 16.3. The number of carbonyl (C=O) groups is 2. The van der Waals surface area contributed by atoms with Crippen LogP contribution >= 0.6 is 0 Å². The van der Waals surface area contributed by atoms with Crippen LogP contribution < -0.4 is 0 Å². The van der Waals surface area contributed by atoms with Crippen LogP contribution in [0.15, 0.2) is 77.2 Å². The maximum atomic E-state index is 13.3. The number of amides is 2. The van der Waals surface area contributed by atoms with Crippen molar-refractivity contribution in [1.29, 1.82) is 0 Å². The molecule has 1 heterocycles. The van der Waals surface area contributed by atoms with E-state index in [0.29, 0.717) is 26.1 Å². The third kappa shape index (κ3) is 6.85. The molecule has 3 rings (SSSR count). The fourth-order valence-corrected chi connectivity index (χ4v) is 3.50. The maximum absolute atomic E-state index is 13.3. The number of furan rings is 1. The minimum absolute atomic E-state index is 0.0325. The van der Waals surface area contributed by atoms with Gasteiger partial charge in [-0.05, 0) is 36.6 Å². The number of nitrogens with zero attached hydrogens (tertiary/aromatic N) is 2. The summed E-state index contributed by atoms with van der Waals surface area (Å²) in [5.74, 6) is 1.43. The van der Waals surface area contributed by atoms with E-state index in [1.54, 1.807) is 9.80 Å².